The molecule has 21 heavy (non-hydrogen) atoms. The van der Waals surface area contributed by atoms with E-state index in [2.05, 4.69) is 4.98 Å². The quantitative estimate of drug-likeness (QED) is 0.941. The number of nitrogens with two attached hydrogens (primary N) is 1. The molecule has 4 nitrogen and oxygen atoms in total. The molecule has 0 amide bonds. The average Bonchev–Trinajstić information content (AvgIpc) is 2.72. The molecule has 1 aliphatic rings. The van der Waals surface area contributed by atoms with E-state index in [0.29, 0.717) is 13.2 Å². The first-order valence-corrected chi connectivity index (χ1v) is 7.83. The highest BCUT2D eigenvalue weighted by Crippen LogP contribution is 2.37. The van der Waals surface area contributed by atoms with E-state index in [0.717, 1.165) is 33.4 Å². The normalized spacial score (nSPS) is 15.3. The van der Waals surface area contributed by atoms with Gasteiger partial charge in [0.2, 0.25) is 0 Å². The second-order valence-corrected chi connectivity index (χ2v) is 6.01. The highest BCUT2D eigenvalue weighted by molar-refractivity contribution is 7.99. The number of aromatic nitrogens is 1. The lowest BCUT2D eigenvalue weighted by Crippen LogP contribution is -2.07. The van der Waals surface area contributed by atoms with E-state index in [1.807, 2.05) is 37.3 Å². The molecule has 3 rings (SSSR count). The van der Waals surface area contributed by atoms with E-state index in [1.54, 1.807) is 18.0 Å². The Bertz CT molecular complexity index is 631. The van der Waals surface area contributed by atoms with Gasteiger partial charge in [-0.15, -0.1) is 0 Å². The third-order valence-corrected chi connectivity index (χ3v) is 4.25. The van der Waals surface area contributed by atoms with Crippen LogP contribution in [0.3, 0.4) is 0 Å². The summed E-state index contributed by atoms with van der Waals surface area (Å²) in [6.07, 6.45) is 2.70. The van der Waals surface area contributed by atoms with Gasteiger partial charge in [0.05, 0.1) is 13.2 Å². The third-order valence-electron chi connectivity index (χ3n) is 3.22. The number of nitrogens with zero attached hydrogens (tertiary/aromatic N) is 1. The van der Waals surface area contributed by atoms with Crippen LogP contribution in [-0.4, -0.2) is 18.2 Å². The standard InChI is InChI=1S/C16H18N2O2S/c1-11(17)13-4-2-7-18-16(13)21-12-5-6-14-15(10-12)20-9-3-8-19-14/h2,4-7,10-11H,3,8-9,17H2,1H3/t11-/m1/s1. The van der Waals surface area contributed by atoms with Crippen molar-refractivity contribution >= 4 is 11.8 Å². The molecule has 0 radical (unpaired) electrons. The first-order valence-electron chi connectivity index (χ1n) is 7.02. The number of benzene rings is 1. The van der Waals surface area contributed by atoms with Crippen molar-refractivity contribution in [3.8, 4) is 11.5 Å². The lowest BCUT2D eigenvalue weighted by atomic mass is 10.2. The molecule has 1 aromatic heterocycles. The molecule has 110 valence electrons. The minimum atomic E-state index is -0.0402. The molecule has 0 spiro atoms. The van der Waals surface area contributed by atoms with Gasteiger partial charge in [-0.1, -0.05) is 17.8 Å². The average molecular weight is 302 g/mol. The molecule has 1 aliphatic heterocycles. The summed E-state index contributed by atoms with van der Waals surface area (Å²) in [5.41, 5.74) is 7.05. The van der Waals surface area contributed by atoms with Crippen molar-refractivity contribution in [1.82, 2.24) is 4.98 Å². The molecule has 1 atom stereocenters. The van der Waals surface area contributed by atoms with Gasteiger partial charge in [0.15, 0.2) is 11.5 Å². The van der Waals surface area contributed by atoms with E-state index in [4.69, 9.17) is 15.2 Å². The van der Waals surface area contributed by atoms with Crippen molar-refractivity contribution in [1.29, 1.82) is 0 Å². The smallest absolute Gasteiger partial charge is 0.162 e. The van der Waals surface area contributed by atoms with Gasteiger partial charge >= 0.3 is 0 Å². The lowest BCUT2D eigenvalue weighted by molar-refractivity contribution is 0.297. The van der Waals surface area contributed by atoms with Crippen LogP contribution in [0.15, 0.2) is 46.5 Å². The highest BCUT2D eigenvalue weighted by Gasteiger charge is 2.13. The number of hydrogen-bond acceptors (Lipinski definition) is 5. The third kappa shape index (κ3) is 3.31. The molecule has 5 heteroatoms. The van der Waals surface area contributed by atoms with Crippen molar-refractivity contribution in [2.24, 2.45) is 5.73 Å². The van der Waals surface area contributed by atoms with E-state index in [-0.39, 0.29) is 6.04 Å². The Kier molecular flexibility index (Phi) is 4.31. The number of pyridine rings is 1. The van der Waals surface area contributed by atoms with Crippen LogP contribution in [0.2, 0.25) is 0 Å². The molecular weight excluding hydrogens is 284 g/mol. The lowest BCUT2D eigenvalue weighted by Gasteiger charge is -2.12. The Balaban J connectivity index is 1.87. The second kappa shape index (κ2) is 6.37. The van der Waals surface area contributed by atoms with Gasteiger partial charge in [0, 0.05) is 29.1 Å². The van der Waals surface area contributed by atoms with Crippen LogP contribution in [-0.2, 0) is 0 Å². The summed E-state index contributed by atoms with van der Waals surface area (Å²) in [5.74, 6) is 1.61. The molecule has 0 saturated carbocycles. The minimum absolute atomic E-state index is 0.0402. The summed E-state index contributed by atoms with van der Waals surface area (Å²) in [7, 11) is 0. The van der Waals surface area contributed by atoms with Gasteiger partial charge in [-0.25, -0.2) is 4.98 Å². The van der Waals surface area contributed by atoms with Crippen molar-refractivity contribution < 1.29 is 9.47 Å². The van der Waals surface area contributed by atoms with Crippen LogP contribution < -0.4 is 15.2 Å². The first kappa shape index (κ1) is 14.2. The van der Waals surface area contributed by atoms with Crippen LogP contribution in [0.4, 0.5) is 0 Å². The molecule has 2 N–H and O–H groups in total. The maximum atomic E-state index is 6.00. The molecule has 0 aliphatic carbocycles. The van der Waals surface area contributed by atoms with Crippen molar-refractivity contribution in [2.75, 3.05) is 13.2 Å². The number of hydrogen-bond donors (Lipinski definition) is 1. The summed E-state index contributed by atoms with van der Waals surface area (Å²) in [6, 6.07) is 9.88. The van der Waals surface area contributed by atoms with Crippen molar-refractivity contribution in [3.05, 3.63) is 42.1 Å². The molecule has 0 fully saturated rings. The molecular formula is C16H18N2O2S. The SMILES string of the molecule is C[C@@H](N)c1cccnc1Sc1ccc2c(c1)OCCCO2. The number of fused-ring (bicyclic) bond motifs is 1. The number of ether oxygens (including phenoxy) is 2. The summed E-state index contributed by atoms with van der Waals surface area (Å²) in [4.78, 5) is 5.51. The molecule has 1 aromatic carbocycles. The largest absolute Gasteiger partial charge is 0.490 e. The van der Waals surface area contributed by atoms with E-state index < -0.39 is 0 Å². The maximum Gasteiger partial charge on any atom is 0.162 e. The number of rotatable bonds is 3. The van der Waals surface area contributed by atoms with Gasteiger partial charge in [0.25, 0.3) is 0 Å². The predicted molar refractivity (Wildman–Crippen MR) is 83.0 cm³/mol. The first-order chi connectivity index (χ1) is 10.2. The summed E-state index contributed by atoms with van der Waals surface area (Å²) in [5, 5.41) is 0.932. The second-order valence-electron chi connectivity index (χ2n) is 4.95. The molecule has 0 unspecified atom stereocenters. The predicted octanol–water partition coefficient (Wildman–Crippen LogP) is 3.41. The van der Waals surface area contributed by atoms with E-state index in [9.17, 15) is 0 Å². The zero-order chi connectivity index (χ0) is 14.7. The van der Waals surface area contributed by atoms with Crippen molar-refractivity contribution in [3.63, 3.8) is 0 Å². The Morgan fingerprint density at radius 1 is 1.19 bits per heavy atom. The van der Waals surface area contributed by atoms with Gasteiger partial charge in [-0.05, 0) is 31.2 Å². The minimum Gasteiger partial charge on any atom is -0.490 e. The molecule has 0 bridgehead atoms. The topological polar surface area (TPSA) is 57.4 Å². The Morgan fingerprint density at radius 2 is 2.00 bits per heavy atom. The van der Waals surface area contributed by atoms with Crippen LogP contribution in [0, 0.1) is 0 Å². The van der Waals surface area contributed by atoms with Gasteiger partial charge < -0.3 is 15.2 Å². The summed E-state index contributed by atoms with van der Waals surface area (Å²) < 4.78 is 11.4. The van der Waals surface area contributed by atoms with Crippen molar-refractivity contribution in [2.45, 2.75) is 29.3 Å². The van der Waals surface area contributed by atoms with Gasteiger partial charge in [0.1, 0.15) is 5.03 Å². The Hall–Kier alpha value is -1.72. The van der Waals surface area contributed by atoms with Gasteiger partial charge in [-0.3, -0.25) is 0 Å². The Labute approximate surface area is 128 Å². The van der Waals surface area contributed by atoms with Crippen LogP contribution in [0.25, 0.3) is 0 Å². The van der Waals surface area contributed by atoms with Crippen LogP contribution >= 0.6 is 11.8 Å². The fraction of sp³-hybridized carbons (Fsp3) is 0.312. The monoisotopic (exact) mass is 302 g/mol. The van der Waals surface area contributed by atoms with Gasteiger partial charge in [-0.2, -0.15) is 0 Å². The summed E-state index contributed by atoms with van der Waals surface area (Å²) >= 11 is 1.60. The maximum absolute atomic E-state index is 6.00. The highest BCUT2D eigenvalue weighted by atomic mass is 32.2. The summed E-state index contributed by atoms with van der Waals surface area (Å²) in [6.45, 7) is 3.36. The van der Waals surface area contributed by atoms with Crippen LogP contribution in [0.5, 0.6) is 11.5 Å². The molecule has 0 saturated heterocycles. The molecule has 2 heterocycles. The molecule has 2 aromatic rings. The zero-order valence-electron chi connectivity index (χ0n) is 11.9. The fourth-order valence-electron chi connectivity index (χ4n) is 2.15. The fourth-order valence-corrected chi connectivity index (χ4v) is 3.16. The zero-order valence-corrected chi connectivity index (χ0v) is 12.7. The van der Waals surface area contributed by atoms with E-state index in [1.165, 1.54) is 0 Å². The van der Waals surface area contributed by atoms with Crippen LogP contribution in [0.1, 0.15) is 24.9 Å². The Morgan fingerprint density at radius 3 is 2.81 bits per heavy atom. The van der Waals surface area contributed by atoms with E-state index >= 15 is 0 Å².